The van der Waals surface area contributed by atoms with Gasteiger partial charge in [-0.15, -0.1) is 10.2 Å². The number of benzene rings is 2. The van der Waals surface area contributed by atoms with E-state index in [-0.39, 0.29) is 12.6 Å². The molecule has 0 N–H and O–H groups in total. The van der Waals surface area contributed by atoms with Crippen LogP contribution < -0.4 is 4.74 Å². The van der Waals surface area contributed by atoms with Crippen LogP contribution in [0, 0.1) is 13.8 Å². The van der Waals surface area contributed by atoms with Gasteiger partial charge in [-0.05, 0) is 44.0 Å². The molecule has 6 nitrogen and oxygen atoms in total. The molecule has 0 amide bonds. The van der Waals surface area contributed by atoms with Crippen LogP contribution in [0.1, 0.15) is 23.9 Å². The van der Waals surface area contributed by atoms with Crippen LogP contribution in [0.4, 0.5) is 0 Å². The quantitative estimate of drug-likeness (QED) is 0.441. The molecule has 0 aliphatic heterocycles. The highest BCUT2D eigenvalue weighted by atomic mass is 32.2. The number of thioether (sulfide) groups is 1. The van der Waals surface area contributed by atoms with Crippen LogP contribution in [0.25, 0.3) is 5.69 Å². The monoisotopic (exact) mass is 397 g/mol. The first-order valence-corrected chi connectivity index (χ1v) is 9.82. The van der Waals surface area contributed by atoms with Crippen LogP contribution in [-0.4, -0.2) is 33.1 Å². The van der Waals surface area contributed by atoms with Crippen LogP contribution in [-0.2, 0) is 16.1 Å². The highest BCUT2D eigenvalue weighted by Gasteiger charge is 2.22. The van der Waals surface area contributed by atoms with Gasteiger partial charge in [0.1, 0.15) is 17.6 Å². The first-order chi connectivity index (χ1) is 13.5. The number of esters is 1. The summed E-state index contributed by atoms with van der Waals surface area (Å²) in [5, 5.41) is 8.83. The molecule has 0 unspecified atom stereocenters. The van der Waals surface area contributed by atoms with E-state index in [1.54, 1.807) is 6.92 Å². The number of hydrogen-bond acceptors (Lipinski definition) is 6. The molecule has 0 saturated heterocycles. The lowest BCUT2D eigenvalue weighted by Crippen LogP contribution is -2.16. The van der Waals surface area contributed by atoms with E-state index in [1.807, 2.05) is 66.9 Å². The Morgan fingerprint density at radius 1 is 1.07 bits per heavy atom. The second-order valence-corrected chi connectivity index (χ2v) is 7.67. The summed E-state index contributed by atoms with van der Waals surface area (Å²) >= 11 is 1.31. The van der Waals surface area contributed by atoms with Crippen molar-refractivity contribution in [3.05, 3.63) is 65.5 Å². The zero-order chi connectivity index (χ0) is 20.1. The van der Waals surface area contributed by atoms with Crippen molar-refractivity contribution in [2.24, 2.45) is 0 Å². The van der Waals surface area contributed by atoms with Gasteiger partial charge in [-0.25, -0.2) is 0 Å². The maximum Gasteiger partial charge on any atom is 0.318 e. The first kappa shape index (κ1) is 19.9. The molecule has 0 fully saturated rings. The Kier molecular flexibility index (Phi) is 6.36. The van der Waals surface area contributed by atoms with Crippen LogP contribution in [0.3, 0.4) is 0 Å². The maximum absolute atomic E-state index is 11.8. The summed E-state index contributed by atoms with van der Waals surface area (Å²) in [7, 11) is 1.38. The van der Waals surface area contributed by atoms with E-state index in [2.05, 4.69) is 10.2 Å². The summed E-state index contributed by atoms with van der Waals surface area (Å²) in [6, 6.07) is 15.8. The molecule has 0 radical (unpaired) electrons. The minimum Gasteiger partial charge on any atom is -0.485 e. The third-order valence-corrected chi connectivity index (χ3v) is 5.31. The van der Waals surface area contributed by atoms with Gasteiger partial charge in [-0.2, -0.15) is 0 Å². The normalized spacial score (nSPS) is 11.9. The number of ether oxygens (including phenoxy) is 2. The molecule has 0 spiro atoms. The Morgan fingerprint density at radius 2 is 1.75 bits per heavy atom. The molecule has 146 valence electrons. The molecule has 3 rings (SSSR count). The second-order valence-electron chi connectivity index (χ2n) is 6.36. The molecular weight excluding hydrogens is 374 g/mol. The lowest BCUT2D eigenvalue weighted by molar-refractivity contribution is -0.139. The van der Waals surface area contributed by atoms with Crippen molar-refractivity contribution < 1.29 is 14.3 Å². The number of para-hydroxylation sites is 2. The van der Waals surface area contributed by atoms with E-state index in [1.165, 1.54) is 18.9 Å². The molecular formula is C21H23N3O3S. The smallest absolute Gasteiger partial charge is 0.318 e. The van der Waals surface area contributed by atoms with Gasteiger partial charge < -0.3 is 9.47 Å². The molecule has 1 atom stereocenters. The number of rotatable bonds is 7. The van der Waals surface area contributed by atoms with Crippen molar-refractivity contribution in [3.8, 4) is 11.4 Å². The van der Waals surface area contributed by atoms with E-state index in [0.29, 0.717) is 11.0 Å². The molecule has 2 aromatic carbocycles. The molecule has 0 aliphatic rings. The average Bonchev–Trinajstić information content (AvgIpc) is 3.10. The number of hydrogen-bond donors (Lipinski definition) is 0. The van der Waals surface area contributed by atoms with E-state index < -0.39 is 5.25 Å². The average molecular weight is 398 g/mol. The highest BCUT2D eigenvalue weighted by molar-refractivity contribution is 8.00. The molecule has 3 aromatic rings. The zero-order valence-electron chi connectivity index (χ0n) is 16.4. The van der Waals surface area contributed by atoms with Crippen LogP contribution in [0.15, 0.2) is 53.7 Å². The number of aryl methyl sites for hydroxylation is 2. The van der Waals surface area contributed by atoms with Crippen molar-refractivity contribution in [2.75, 3.05) is 7.11 Å². The zero-order valence-corrected chi connectivity index (χ0v) is 17.2. The fourth-order valence-electron chi connectivity index (χ4n) is 2.84. The number of aromatic nitrogens is 3. The predicted octanol–water partition coefficient (Wildman–Crippen LogP) is 4.12. The number of carbonyl (C=O) groups is 1. The van der Waals surface area contributed by atoms with Gasteiger partial charge >= 0.3 is 5.97 Å². The van der Waals surface area contributed by atoms with Crippen molar-refractivity contribution in [3.63, 3.8) is 0 Å². The van der Waals surface area contributed by atoms with Gasteiger partial charge in [0.25, 0.3) is 0 Å². The molecule has 0 bridgehead atoms. The third kappa shape index (κ3) is 4.36. The summed E-state index contributed by atoms with van der Waals surface area (Å²) < 4.78 is 12.8. The number of methoxy groups -OCH3 is 1. The van der Waals surface area contributed by atoms with Crippen LogP contribution in [0.5, 0.6) is 5.75 Å². The van der Waals surface area contributed by atoms with Gasteiger partial charge in [0.05, 0.1) is 7.11 Å². The highest BCUT2D eigenvalue weighted by Crippen LogP contribution is 2.28. The minimum absolute atomic E-state index is 0.265. The standard InChI is InChI=1S/C21H23N3O3S/c1-14-9-8-10-15(2)19(14)27-13-18-22-23-21(28-16(3)20(25)26-4)24(18)17-11-6-5-7-12-17/h5-12,16H,13H2,1-4H3/t16-/m1/s1. The lowest BCUT2D eigenvalue weighted by Gasteiger charge is -2.14. The minimum atomic E-state index is -0.399. The van der Waals surface area contributed by atoms with Gasteiger partial charge in [-0.3, -0.25) is 9.36 Å². The Hall–Kier alpha value is -2.80. The second kappa shape index (κ2) is 8.93. The van der Waals surface area contributed by atoms with E-state index in [0.717, 1.165) is 22.6 Å². The number of nitrogens with zero attached hydrogens (tertiary/aromatic N) is 3. The largest absolute Gasteiger partial charge is 0.485 e. The van der Waals surface area contributed by atoms with Gasteiger partial charge in [0.15, 0.2) is 11.0 Å². The van der Waals surface area contributed by atoms with E-state index in [4.69, 9.17) is 9.47 Å². The third-order valence-electron chi connectivity index (χ3n) is 4.28. The first-order valence-electron chi connectivity index (χ1n) is 8.94. The Morgan fingerprint density at radius 3 is 2.39 bits per heavy atom. The Bertz CT molecular complexity index is 937. The fraction of sp³-hybridized carbons (Fsp3) is 0.286. The van der Waals surface area contributed by atoms with E-state index in [9.17, 15) is 4.79 Å². The SMILES string of the molecule is COC(=O)[C@@H](C)Sc1nnc(COc2c(C)cccc2C)n1-c1ccccc1. The van der Waals surface area contributed by atoms with Crippen LogP contribution in [0.2, 0.25) is 0 Å². The Balaban J connectivity index is 1.92. The van der Waals surface area contributed by atoms with Gasteiger partial charge in [0.2, 0.25) is 0 Å². The number of carbonyl (C=O) groups excluding carboxylic acids is 1. The van der Waals surface area contributed by atoms with E-state index >= 15 is 0 Å². The molecule has 0 aliphatic carbocycles. The molecule has 1 heterocycles. The topological polar surface area (TPSA) is 66.2 Å². The fourth-order valence-corrected chi connectivity index (χ4v) is 3.76. The maximum atomic E-state index is 11.8. The summed E-state index contributed by atoms with van der Waals surface area (Å²) in [4.78, 5) is 11.8. The lowest BCUT2D eigenvalue weighted by atomic mass is 10.1. The Labute approximate surface area is 168 Å². The molecule has 0 saturated carbocycles. The van der Waals surface area contributed by atoms with Crippen molar-refractivity contribution >= 4 is 17.7 Å². The summed E-state index contributed by atoms with van der Waals surface area (Å²) in [6.07, 6.45) is 0. The van der Waals surface area contributed by atoms with Crippen LogP contribution >= 0.6 is 11.8 Å². The molecule has 1 aromatic heterocycles. The summed E-state index contributed by atoms with van der Waals surface area (Å²) in [6.45, 7) is 6.08. The summed E-state index contributed by atoms with van der Waals surface area (Å²) in [5.41, 5.74) is 3.05. The van der Waals surface area contributed by atoms with Gasteiger partial charge in [0, 0.05) is 5.69 Å². The van der Waals surface area contributed by atoms with Crippen molar-refractivity contribution in [1.82, 2.24) is 14.8 Å². The molecule has 28 heavy (non-hydrogen) atoms. The molecule has 7 heteroatoms. The van der Waals surface area contributed by atoms with Crippen molar-refractivity contribution in [1.29, 1.82) is 0 Å². The van der Waals surface area contributed by atoms with Crippen molar-refractivity contribution in [2.45, 2.75) is 37.8 Å². The van der Waals surface area contributed by atoms with Gasteiger partial charge in [-0.1, -0.05) is 48.2 Å². The predicted molar refractivity (Wildman–Crippen MR) is 109 cm³/mol. The summed E-state index contributed by atoms with van der Waals surface area (Å²) in [5.74, 6) is 1.21.